The van der Waals surface area contributed by atoms with Crippen molar-refractivity contribution in [3.05, 3.63) is 53.9 Å². The first-order valence-corrected chi connectivity index (χ1v) is 9.69. The van der Waals surface area contributed by atoms with E-state index < -0.39 is 22.0 Å². The first kappa shape index (κ1) is 17.8. The van der Waals surface area contributed by atoms with Gasteiger partial charge in [0.25, 0.3) is 15.9 Å². The van der Waals surface area contributed by atoms with E-state index >= 15 is 0 Å². The number of nitrogens with zero attached hydrogens (tertiary/aromatic N) is 3. The minimum atomic E-state index is -3.96. The van der Waals surface area contributed by atoms with Gasteiger partial charge in [-0.1, -0.05) is 35.5 Å². The fraction of sp³-hybridized carbons (Fsp3) is 0.294. The van der Waals surface area contributed by atoms with Crippen LogP contribution < -0.4 is 4.72 Å². The fourth-order valence-corrected chi connectivity index (χ4v) is 3.67. The zero-order valence-electron chi connectivity index (χ0n) is 14.3. The Morgan fingerprint density at radius 2 is 2.00 bits per heavy atom. The van der Waals surface area contributed by atoms with Crippen LogP contribution in [0.15, 0.2) is 52.1 Å². The maximum Gasteiger partial charge on any atom is 0.272 e. The van der Waals surface area contributed by atoms with Crippen molar-refractivity contribution in [1.82, 2.24) is 19.7 Å². The number of aromatic nitrogens is 3. The molecule has 4 rings (SSSR count). The van der Waals surface area contributed by atoms with Gasteiger partial charge in [-0.2, -0.15) is 5.10 Å². The number of nitrogens with one attached hydrogen (secondary N) is 1. The van der Waals surface area contributed by atoms with Gasteiger partial charge in [0.15, 0.2) is 10.8 Å². The topological polar surface area (TPSA) is 90.0 Å². The second-order valence-corrected chi connectivity index (χ2v) is 8.10. The molecule has 0 amide bonds. The largest absolute Gasteiger partial charge is 0.356 e. The van der Waals surface area contributed by atoms with Crippen LogP contribution in [0.3, 0.4) is 0 Å². The van der Waals surface area contributed by atoms with Crippen LogP contribution in [0, 0.1) is 6.92 Å². The molecular weight excluding hydrogens is 378 g/mol. The summed E-state index contributed by atoms with van der Waals surface area (Å²) in [7, 11) is -3.96. The molecule has 3 aromatic rings. The number of benzene rings is 1. The van der Waals surface area contributed by atoms with Gasteiger partial charge >= 0.3 is 0 Å². The molecule has 0 saturated heterocycles. The van der Waals surface area contributed by atoms with Crippen molar-refractivity contribution in [2.45, 2.75) is 36.9 Å². The van der Waals surface area contributed by atoms with Crippen molar-refractivity contribution in [2.24, 2.45) is 0 Å². The lowest BCUT2D eigenvalue weighted by Gasteiger charge is -2.03. The Balaban J connectivity index is 1.48. The number of sulfonamides is 1. The maximum atomic E-state index is 13.1. The molecule has 1 unspecified atom stereocenters. The van der Waals surface area contributed by atoms with Gasteiger partial charge in [0, 0.05) is 23.7 Å². The zero-order chi connectivity index (χ0) is 19.2. The maximum absolute atomic E-state index is 13.1. The second kappa shape index (κ2) is 6.24. The summed E-state index contributed by atoms with van der Waals surface area (Å²) >= 11 is 0. The van der Waals surface area contributed by atoms with Crippen molar-refractivity contribution in [3.63, 3.8) is 0 Å². The van der Waals surface area contributed by atoms with Crippen molar-refractivity contribution >= 4 is 10.0 Å². The number of rotatable bonds is 6. The molecule has 1 aliphatic rings. The predicted octanol–water partition coefficient (Wildman–Crippen LogP) is 2.91. The highest BCUT2D eigenvalue weighted by Gasteiger charge is 2.59. The molecule has 1 N–H and O–H groups in total. The highest BCUT2D eigenvalue weighted by atomic mass is 32.2. The quantitative estimate of drug-likeness (QED) is 0.694. The lowest BCUT2D eigenvalue weighted by atomic mass is 10.1. The van der Waals surface area contributed by atoms with Gasteiger partial charge < -0.3 is 4.52 Å². The van der Waals surface area contributed by atoms with Crippen LogP contribution in [0.5, 0.6) is 0 Å². The molecule has 0 radical (unpaired) electrons. The van der Waals surface area contributed by atoms with Crippen LogP contribution in [0.4, 0.5) is 8.78 Å². The first-order chi connectivity index (χ1) is 12.8. The number of hydrogen-bond acceptors (Lipinski definition) is 5. The van der Waals surface area contributed by atoms with E-state index in [0.29, 0.717) is 17.0 Å². The van der Waals surface area contributed by atoms with E-state index in [-0.39, 0.29) is 18.0 Å². The molecule has 1 aromatic carbocycles. The van der Waals surface area contributed by atoms with Crippen LogP contribution in [0.25, 0.3) is 11.3 Å². The van der Waals surface area contributed by atoms with E-state index in [1.54, 1.807) is 6.92 Å². The van der Waals surface area contributed by atoms with E-state index in [2.05, 4.69) is 15.0 Å². The van der Waals surface area contributed by atoms with Gasteiger partial charge in [0.1, 0.15) is 11.7 Å². The monoisotopic (exact) mass is 394 g/mol. The molecule has 1 saturated carbocycles. The lowest BCUT2D eigenvalue weighted by molar-refractivity contribution is 0.0981. The molecule has 0 aliphatic heterocycles. The van der Waals surface area contributed by atoms with Gasteiger partial charge in [0.2, 0.25) is 0 Å². The first-order valence-electron chi connectivity index (χ1n) is 8.21. The minimum absolute atomic E-state index is 0.100. The van der Waals surface area contributed by atoms with Gasteiger partial charge in [-0.3, -0.25) is 4.68 Å². The van der Waals surface area contributed by atoms with E-state index in [4.69, 9.17) is 4.52 Å². The van der Waals surface area contributed by atoms with E-state index in [9.17, 15) is 17.2 Å². The highest BCUT2D eigenvalue weighted by Crippen LogP contribution is 2.52. The van der Waals surface area contributed by atoms with Gasteiger partial charge in [-0.05, 0) is 13.0 Å². The third-order valence-corrected chi connectivity index (χ3v) is 5.75. The third-order valence-electron chi connectivity index (χ3n) is 4.46. The summed E-state index contributed by atoms with van der Waals surface area (Å²) in [5.74, 6) is -2.27. The Labute approximate surface area is 154 Å². The molecule has 1 atom stereocenters. The van der Waals surface area contributed by atoms with Crippen LogP contribution in [0.2, 0.25) is 0 Å². The Morgan fingerprint density at radius 1 is 1.30 bits per heavy atom. The molecular formula is C17H16F2N4O3S. The van der Waals surface area contributed by atoms with Gasteiger partial charge in [-0.25, -0.2) is 21.9 Å². The molecule has 0 spiro atoms. The Morgan fingerprint density at radius 3 is 2.67 bits per heavy atom. The molecule has 7 nitrogen and oxygen atoms in total. The van der Waals surface area contributed by atoms with E-state index in [1.807, 2.05) is 30.3 Å². The van der Waals surface area contributed by atoms with Crippen LogP contribution in [0.1, 0.15) is 23.7 Å². The molecule has 2 heterocycles. The lowest BCUT2D eigenvalue weighted by Crippen LogP contribution is -2.24. The molecule has 2 aromatic heterocycles. The summed E-state index contributed by atoms with van der Waals surface area (Å²) in [6.07, 6.45) is 0.914. The van der Waals surface area contributed by atoms with Crippen molar-refractivity contribution < 1.29 is 21.7 Å². The summed E-state index contributed by atoms with van der Waals surface area (Å²) in [5, 5.41) is 7.38. The molecule has 1 aliphatic carbocycles. The third kappa shape index (κ3) is 3.37. The van der Waals surface area contributed by atoms with Crippen LogP contribution >= 0.6 is 0 Å². The normalized spacial score (nSPS) is 18.6. The second-order valence-electron chi connectivity index (χ2n) is 6.39. The molecule has 10 heteroatoms. The highest BCUT2D eigenvalue weighted by molar-refractivity contribution is 7.89. The van der Waals surface area contributed by atoms with Gasteiger partial charge in [0.05, 0.1) is 6.54 Å². The van der Waals surface area contributed by atoms with Crippen LogP contribution in [-0.2, 0) is 16.6 Å². The summed E-state index contributed by atoms with van der Waals surface area (Å²) in [6, 6.07) is 9.44. The van der Waals surface area contributed by atoms with Crippen molar-refractivity contribution in [1.29, 1.82) is 0 Å². The standard InChI is InChI=1S/C17H16F2N4O3S/c1-11-13(22-26-16(11)12-5-3-2-4-6-12)10-20-27(24,25)15-7-8-23(21-15)14-9-17(14,18)19/h2-8,14,20H,9-10H2,1H3. The molecule has 0 bridgehead atoms. The van der Waals surface area contributed by atoms with Crippen LogP contribution in [-0.4, -0.2) is 29.3 Å². The zero-order valence-corrected chi connectivity index (χ0v) is 15.1. The average Bonchev–Trinajstić information content (AvgIpc) is 3.01. The number of hydrogen-bond donors (Lipinski definition) is 1. The fourth-order valence-electron chi connectivity index (χ4n) is 2.75. The van der Waals surface area contributed by atoms with E-state index in [0.717, 1.165) is 10.2 Å². The molecule has 27 heavy (non-hydrogen) atoms. The Kier molecular flexibility index (Phi) is 4.11. The minimum Gasteiger partial charge on any atom is -0.356 e. The molecule has 1 fully saturated rings. The van der Waals surface area contributed by atoms with Crippen molar-refractivity contribution in [2.75, 3.05) is 0 Å². The number of alkyl halides is 2. The summed E-state index contributed by atoms with van der Waals surface area (Å²) in [4.78, 5) is 0. The average molecular weight is 394 g/mol. The van der Waals surface area contributed by atoms with Gasteiger partial charge in [-0.15, -0.1) is 0 Å². The number of halogens is 2. The smallest absolute Gasteiger partial charge is 0.272 e. The SMILES string of the molecule is Cc1c(CNS(=O)(=O)c2ccn(C3CC3(F)F)n2)noc1-c1ccccc1. The van der Waals surface area contributed by atoms with Crippen molar-refractivity contribution in [3.8, 4) is 11.3 Å². The molecule has 142 valence electrons. The summed E-state index contributed by atoms with van der Waals surface area (Å²) in [6.45, 7) is 1.68. The Bertz CT molecular complexity index is 1080. The van der Waals surface area contributed by atoms with E-state index in [1.165, 1.54) is 12.3 Å². The predicted molar refractivity (Wildman–Crippen MR) is 91.5 cm³/mol. The Hall–Kier alpha value is -2.59. The summed E-state index contributed by atoms with van der Waals surface area (Å²) in [5.41, 5.74) is 1.98. The summed E-state index contributed by atoms with van der Waals surface area (Å²) < 4.78 is 59.7.